The van der Waals surface area contributed by atoms with Crippen LogP contribution >= 0.6 is 0 Å². The molecule has 3 rings (SSSR count). The molecule has 1 aromatic rings. The summed E-state index contributed by atoms with van der Waals surface area (Å²) in [4.78, 5) is 28.7. The van der Waals surface area contributed by atoms with Gasteiger partial charge in [-0.05, 0) is 38.0 Å². The molecule has 1 unspecified atom stereocenters. The molecule has 2 aliphatic rings. The molecular weight excluding hydrogens is 352 g/mol. The van der Waals surface area contributed by atoms with E-state index in [-0.39, 0.29) is 29.5 Å². The lowest BCUT2D eigenvalue weighted by atomic mass is 9.95. The van der Waals surface area contributed by atoms with Gasteiger partial charge in [0, 0.05) is 37.8 Å². The molecule has 0 aromatic heterocycles. The predicted octanol–water partition coefficient (Wildman–Crippen LogP) is 2.56. The van der Waals surface area contributed by atoms with Crippen LogP contribution in [-0.2, 0) is 4.79 Å². The molecule has 1 aromatic carbocycles. The van der Waals surface area contributed by atoms with Gasteiger partial charge in [-0.2, -0.15) is 0 Å². The third-order valence-corrected chi connectivity index (χ3v) is 5.65. The molecular formula is C20H27F2N3O2. The van der Waals surface area contributed by atoms with E-state index in [0.717, 1.165) is 25.0 Å². The van der Waals surface area contributed by atoms with Crippen LogP contribution < -0.4 is 5.32 Å². The lowest BCUT2D eigenvalue weighted by molar-refractivity contribution is -0.127. The fraction of sp³-hybridized carbons (Fsp3) is 0.600. The van der Waals surface area contributed by atoms with Crippen molar-refractivity contribution in [3.05, 3.63) is 35.4 Å². The zero-order valence-corrected chi connectivity index (χ0v) is 15.7. The molecule has 148 valence electrons. The quantitative estimate of drug-likeness (QED) is 0.875. The number of carbonyl (C=O) groups excluding carboxylic acids is 2. The normalized spacial score (nSPS) is 20.3. The molecule has 1 saturated heterocycles. The molecule has 2 fully saturated rings. The Balaban J connectivity index is 1.50. The maximum Gasteiger partial charge on any atom is 0.254 e. The van der Waals surface area contributed by atoms with Gasteiger partial charge >= 0.3 is 0 Å². The average molecular weight is 379 g/mol. The van der Waals surface area contributed by atoms with Crippen molar-refractivity contribution in [2.45, 2.75) is 51.1 Å². The first-order valence-corrected chi connectivity index (χ1v) is 9.74. The zero-order valence-electron chi connectivity index (χ0n) is 15.7. The van der Waals surface area contributed by atoms with Gasteiger partial charge in [-0.25, -0.2) is 8.78 Å². The summed E-state index contributed by atoms with van der Waals surface area (Å²) in [6.07, 6.45) is 5.69. The van der Waals surface area contributed by atoms with Gasteiger partial charge < -0.3 is 10.2 Å². The minimum absolute atomic E-state index is 0.0438. The van der Waals surface area contributed by atoms with Crippen molar-refractivity contribution < 1.29 is 18.4 Å². The summed E-state index contributed by atoms with van der Waals surface area (Å²) in [5, 5.41) is 3.15. The van der Waals surface area contributed by atoms with E-state index >= 15 is 0 Å². The molecule has 27 heavy (non-hydrogen) atoms. The number of piperazine rings is 1. The summed E-state index contributed by atoms with van der Waals surface area (Å²) < 4.78 is 26.4. The van der Waals surface area contributed by atoms with Gasteiger partial charge in [-0.3, -0.25) is 14.5 Å². The van der Waals surface area contributed by atoms with E-state index in [1.165, 1.54) is 25.3 Å². The SMILES string of the molecule is CC(C(=O)NC1CCCCC1)N1CCN(C(=O)c2ccc(F)c(F)c2)CC1. The minimum Gasteiger partial charge on any atom is -0.352 e. The molecule has 1 atom stereocenters. The highest BCUT2D eigenvalue weighted by Crippen LogP contribution is 2.18. The molecule has 1 saturated carbocycles. The molecule has 5 nitrogen and oxygen atoms in total. The van der Waals surface area contributed by atoms with E-state index < -0.39 is 11.6 Å². The topological polar surface area (TPSA) is 52.7 Å². The minimum atomic E-state index is -1.02. The third-order valence-electron chi connectivity index (χ3n) is 5.65. The summed E-state index contributed by atoms with van der Waals surface area (Å²) >= 11 is 0. The number of nitrogens with one attached hydrogen (secondary N) is 1. The highest BCUT2D eigenvalue weighted by Gasteiger charge is 2.29. The molecule has 2 amide bonds. The lowest BCUT2D eigenvalue weighted by Crippen LogP contribution is -2.56. The van der Waals surface area contributed by atoms with Crippen LogP contribution in [0.5, 0.6) is 0 Å². The number of rotatable bonds is 4. The Bertz CT molecular complexity index is 684. The fourth-order valence-corrected chi connectivity index (χ4v) is 3.86. The maximum atomic E-state index is 13.4. The summed E-state index contributed by atoms with van der Waals surface area (Å²) in [5.41, 5.74) is 0.144. The number of hydrogen-bond acceptors (Lipinski definition) is 3. The largest absolute Gasteiger partial charge is 0.352 e. The summed E-state index contributed by atoms with van der Waals surface area (Å²) in [6.45, 7) is 3.96. The third kappa shape index (κ3) is 4.83. The summed E-state index contributed by atoms with van der Waals surface area (Å²) in [5.74, 6) is -2.25. The Labute approximate surface area is 158 Å². The second-order valence-corrected chi connectivity index (χ2v) is 7.48. The van der Waals surface area contributed by atoms with Crippen molar-refractivity contribution >= 4 is 11.8 Å². The summed E-state index contributed by atoms with van der Waals surface area (Å²) in [6, 6.07) is 3.24. The van der Waals surface area contributed by atoms with Crippen LogP contribution in [0.4, 0.5) is 8.78 Å². The van der Waals surface area contributed by atoms with Crippen molar-refractivity contribution in [1.29, 1.82) is 0 Å². The Kier molecular flexibility index (Phi) is 6.42. The lowest BCUT2D eigenvalue weighted by Gasteiger charge is -2.38. The van der Waals surface area contributed by atoms with Gasteiger partial charge in [0.25, 0.3) is 5.91 Å². The van der Waals surface area contributed by atoms with Crippen LogP contribution in [0.2, 0.25) is 0 Å². The van der Waals surface area contributed by atoms with Crippen LogP contribution in [-0.4, -0.2) is 59.9 Å². The molecule has 0 radical (unpaired) electrons. The molecule has 1 N–H and O–H groups in total. The van der Waals surface area contributed by atoms with Crippen molar-refractivity contribution in [3.63, 3.8) is 0 Å². The van der Waals surface area contributed by atoms with E-state index in [4.69, 9.17) is 0 Å². The molecule has 0 bridgehead atoms. The zero-order chi connectivity index (χ0) is 19.4. The molecule has 1 aliphatic carbocycles. The number of nitrogens with zero attached hydrogens (tertiary/aromatic N) is 2. The van der Waals surface area contributed by atoms with Crippen LogP contribution in [0.3, 0.4) is 0 Å². The molecule has 1 heterocycles. The summed E-state index contributed by atoms with van der Waals surface area (Å²) in [7, 11) is 0. The van der Waals surface area contributed by atoms with Gasteiger partial charge in [-0.15, -0.1) is 0 Å². The first-order valence-electron chi connectivity index (χ1n) is 9.74. The van der Waals surface area contributed by atoms with Crippen LogP contribution in [0.1, 0.15) is 49.4 Å². The van der Waals surface area contributed by atoms with E-state index in [0.29, 0.717) is 26.2 Å². The number of carbonyl (C=O) groups is 2. The molecule has 1 aliphatic heterocycles. The van der Waals surface area contributed by atoms with E-state index in [2.05, 4.69) is 10.2 Å². The van der Waals surface area contributed by atoms with E-state index in [9.17, 15) is 18.4 Å². The Morgan fingerprint density at radius 3 is 2.33 bits per heavy atom. The Hall–Kier alpha value is -2.02. The number of hydrogen-bond donors (Lipinski definition) is 1. The second-order valence-electron chi connectivity index (χ2n) is 7.48. The highest BCUT2D eigenvalue weighted by molar-refractivity contribution is 5.94. The second kappa shape index (κ2) is 8.78. The van der Waals surface area contributed by atoms with Crippen molar-refractivity contribution in [2.24, 2.45) is 0 Å². The fourth-order valence-electron chi connectivity index (χ4n) is 3.86. The maximum absolute atomic E-state index is 13.4. The van der Waals surface area contributed by atoms with Crippen molar-refractivity contribution in [2.75, 3.05) is 26.2 Å². The van der Waals surface area contributed by atoms with Gasteiger partial charge in [0.2, 0.25) is 5.91 Å². The molecule has 7 heteroatoms. The Morgan fingerprint density at radius 2 is 1.70 bits per heavy atom. The molecule has 0 spiro atoms. The van der Waals surface area contributed by atoms with Crippen LogP contribution in [0.15, 0.2) is 18.2 Å². The first-order chi connectivity index (χ1) is 13.0. The number of amides is 2. The van der Waals surface area contributed by atoms with Crippen LogP contribution in [0, 0.1) is 11.6 Å². The first kappa shape index (κ1) is 19.7. The van der Waals surface area contributed by atoms with Crippen LogP contribution in [0.25, 0.3) is 0 Å². The van der Waals surface area contributed by atoms with Crippen molar-refractivity contribution in [1.82, 2.24) is 15.1 Å². The van der Waals surface area contributed by atoms with Crippen molar-refractivity contribution in [3.8, 4) is 0 Å². The van der Waals surface area contributed by atoms with Gasteiger partial charge in [0.1, 0.15) is 0 Å². The van der Waals surface area contributed by atoms with Gasteiger partial charge in [-0.1, -0.05) is 19.3 Å². The van der Waals surface area contributed by atoms with E-state index in [1.54, 1.807) is 4.90 Å². The average Bonchev–Trinajstić information content (AvgIpc) is 2.70. The Morgan fingerprint density at radius 1 is 1.04 bits per heavy atom. The van der Waals surface area contributed by atoms with E-state index in [1.807, 2.05) is 6.92 Å². The smallest absolute Gasteiger partial charge is 0.254 e. The van der Waals surface area contributed by atoms with Gasteiger partial charge in [0.15, 0.2) is 11.6 Å². The highest BCUT2D eigenvalue weighted by atomic mass is 19.2. The monoisotopic (exact) mass is 379 g/mol. The number of benzene rings is 1. The number of halogens is 2. The predicted molar refractivity (Wildman–Crippen MR) is 98.3 cm³/mol. The van der Waals surface area contributed by atoms with Gasteiger partial charge in [0.05, 0.1) is 6.04 Å². The standard InChI is InChI=1S/C20H27F2N3O2/c1-14(19(26)23-16-5-3-2-4-6-16)24-9-11-25(12-10-24)20(27)15-7-8-17(21)18(22)13-15/h7-8,13-14,16H,2-6,9-12H2,1H3,(H,23,26).